The number of hydrogen-bond donors (Lipinski definition) is 3. The molecule has 0 atom stereocenters. The highest BCUT2D eigenvalue weighted by molar-refractivity contribution is 5.82. The van der Waals surface area contributed by atoms with Gasteiger partial charge in [0.2, 0.25) is 0 Å². The summed E-state index contributed by atoms with van der Waals surface area (Å²) in [6, 6.07) is 9.15. The molecule has 1 aliphatic heterocycles. The highest BCUT2D eigenvalue weighted by atomic mass is 19.1. The van der Waals surface area contributed by atoms with E-state index in [0.29, 0.717) is 22.9 Å². The number of aryl methyl sites for hydroxylation is 1. The second-order valence-corrected chi connectivity index (χ2v) is 9.16. The fourth-order valence-corrected chi connectivity index (χ4v) is 4.30. The van der Waals surface area contributed by atoms with E-state index in [1.165, 1.54) is 12.8 Å². The number of halogens is 1. The van der Waals surface area contributed by atoms with Crippen LogP contribution >= 0.6 is 0 Å². The minimum Gasteiger partial charge on any atom is -0.421 e. The van der Waals surface area contributed by atoms with Crippen LogP contribution in [0, 0.1) is 12.7 Å². The minimum absolute atomic E-state index is 0.0859. The van der Waals surface area contributed by atoms with Crippen molar-refractivity contribution in [2.24, 2.45) is 0 Å². The van der Waals surface area contributed by atoms with Gasteiger partial charge in [-0.1, -0.05) is 6.08 Å². The van der Waals surface area contributed by atoms with Gasteiger partial charge in [-0.2, -0.15) is 15.1 Å². The molecule has 1 fully saturated rings. The Labute approximate surface area is 196 Å². The van der Waals surface area contributed by atoms with E-state index in [0.717, 1.165) is 47.7 Å². The summed E-state index contributed by atoms with van der Waals surface area (Å²) in [5.41, 5.74) is 4.61. The number of fused-ring (bicyclic) bond motifs is 1. The summed E-state index contributed by atoms with van der Waals surface area (Å²) in [5.74, 6) is 1.45. The first kappa shape index (κ1) is 20.9. The number of rotatable bonds is 6. The number of H-pyrrole nitrogens is 2. The standard InChI is InChI=1S/C25H26FN7O/c1-14-11-17-18(27-14)5-6-21(24(17)26)34-25-28-19(16-7-9-33(2)10-8-16)12-22(30-25)29-23-13-20(31-32-23)15-3-4-15/h5-7,11-13,15,27H,3-4,8-10H2,1-2H3,(H2,28,29,30,31,32). The highest BCUT2D eigenvalue weighted by Crippen LogP contribution is 2.40. The van der Waals surface area contributed by atoms with E-state index in [1.807, 2.05) is 19.1 Å². The van der Waals surface area contributed by atoms with Crippen molar-refractivity contribution in [1.82, 2.24) is 30.0 Å². The molecule has 174 valence electrons. The van der Waals surface area contributed by atoms with Gasteiger partial charge in [-0.15, -0.1) is 0 Å². The van der Waals surface area contributed by atoms with E-state index in [-0.39, 0.29) is 11.8 Å². The third kappa shape index (κ3) is 4.14. The molecule has 0 saturated heterocycles. The molecule has 9 heteroatoms. The lowest BCUT2D eigenvalue weighted by molar-refractivity contribution is 0.369. The second kappa shape index (κ2) is 8.25. The van der Waals surface area contributed by atoms with Crippen LogP contribution in [0.15, 0.2) is 36.4 Å². The minimum atomic E-state index is -0.440. The van der Waals surface area contributed by atoms with Crippen LogP contribution in [0.5, 0.6) is 11.8 Å². The first-order chi connectivity index (χ1) is 16.5. The van der Waals surface area contributed by atoms with Gasteiger partial charge in [0.1, 0.15) is 5.82 Å². The van der Waals surface area contributed by atoms with Gasteiger partial charge >= 0.3 is 6.01 Å². The van der Waals surface area contributed by atoms with E-state index in [4.69, 9.17) is 4.74 Å². The zero-order valence-corrected chi connectivity index (χ0v) is 19.2. The largest absolute Gasteiger partial charge is 0.421 e. The first-order valence-electron chi connectivity index (χ1n) is 11.6. The second-order valence-electron chi connectivity index (χ2n) is 9.16. The molecule has 0 spiro atoms. The van der Waals surface area contributed by atoms with Crippen molar-refractivity contribution in [3.63, 3.8) is 0 Å². The maximum absolute atomic E-state index is 15.2. The van der Waals surface area contributed by atoms with Gasteiger partial charge in [0.15, 0.2) is 17.4 Å². The highest BCUT2D eigenvalue weighted by Gasteiger charge is 2.25. The van der Waals surface area contributed by atoms with Crippen LogP contribution in [0.1, 0.15) is 42.3 Å². The molecule has 6 rings (SSSR count). The molecule has 0 bridgehead atoms. The summed E-state index contributed by atoms with van der Waals surface area (Å²) in [4.78, 5) is 14.5. The van der Waals surface area contributed by atoms with E-state index >= 15 is 4.39 Å². The number of likely N-dealkylation sites (N-methyl/N-ethyl adjacent to an activating group) is 1. The lowest BCUT2D eigenvalue weighted by Gasteiger charge is -2.22. The average Bonchev–Trinajstić information content (AvgIpc) is 3.45. The van der Waals surface area contributed by atoms with Gasteiger partial charge in [-0.05, 0) is 57.0 Å². The van der Waals surface area contributed by atoms with E-state index in [1.54, 1.807) is 18.2 Å². The molecule has 34 heavy (non-hydrogen) atoms. The molecule has 3 aromatic heterocycles. The number of ether oxygens (including phenoxy) is 1. The fraction of sp³-hybridized carbons (Fsp3) is 0.320. The van der Waals surface area contributed by atoms with E-state index < -0.39 is 5.82 Å². The summed E-state index contributed by atoms with van der Waals surface area (Å²) in [6.45, 7) is 3.68. The summed E-state index contributed by atoms with van der Waals surface area (Å²) < 4.78 is 21.0. The molecular formula is C25H26FN7O. The first-order valence-corrected chi connectivity index (χ1v) is 11.6. The Morgan fingerprint density at radius 1 is 1.15 bits per heavy atom. The van der Waals surface area contributed by atoms with E-state index in [2.05, 4.69) is 48.5 Å². The van der Waals surface area contributed by atoms with Crippen molar-refractivity contribution < 1.29 is 9.13 Å². The maximum atomic E-state index is 15.2. The number of anilines is 2. The maximum Gasteiger partial charge on any atom is 0.324 e. The smallest absolute Gasteiger partial charge is 0.324 e. The number of aromatic nitrogens is 5. The summed E-state index contributed by atoms with van der Waals surface area (Å²) in [7, 11) is 2.09. The SMILES string of the molecule is Cc1cc2c(F)c(Oc3nc(Nc4cc(C5CC5)[nH]n4)cc(C4=CCN(C)CC4)n3)ccc2[nH]1. The molecule has 1 aliphatic carbocycles. The topological polar surface area (TPSA) is 94.8 Å². The van der Waals surface area contributed by atoms with Gasteiger partial charge in [-0.25, -0.2) is 4.39 Å². The molecular weight excluding hydrogens is 433 g/mol. The van der Waals surface area contributed by atoms with Crippen LogP contribution in [0.25, 0.3) is 16.5 Å². The molecule has 0 radical (unpaired) electrons. The van der Waals surface area contributed by atoms with Crippen molar-refractivity contribution >= 4 is 28.1 Å². The monoisotopic (exact) mass is 459 g/mol. The Bertz CT molecular complexity index is 1400. The third-order valence-corrected chi connectivity index (χ3v) is 6.36. The number of benzene rings is 1. The molecule has 0 unspecified atom stereocenters. The van der Waals surface area contributed by atoms with Crippen molar-refractivity contribution in [1.29, 1.82) is 0 Å². The molecule has 2 aliphatic rings. The Hall–Kier alpha value is -3.72. The summed E-state index contributed by atoms with van der Waals surface area (Å²) in [5, 5.41) is 11.2. The Morgan fingerprint density at radius 3 is 2.82 bits per heavy atom. The fourth-order valence-electron chi connectivity index (χ4n) is 4.30. The zero-order valence-electron chi connectivity index (χ0n) is 19.2. The van der Waals surface area contributed by atoms with Gasteiger partial charge in [0, 0.05) is 53.4 Å². The lowest BCUT2D eigenvalue weighted by atomic mass is 10.0. The van der Waals surface area contributed by atoms with Gasteiger partial charge in [-0.3, -0.25) is 5.10 Å². The van der Waals surface area contributed by atoms with Crippen LogP contribution in [0.4, 0.5) is 16.0 Å². The number of hydrogen-bond acceptors (Lipinski definition) is 6. The van der Waals surface area contributed by atoms with Gasteiger partial charge in [0.05, 0.1) is 5.69 Å². The van der Waals surface area contributed by atoms with Crippen molar-refractivity contribution in [3.8, 4) is 11.8 Å². The van der Waals surface area contributed by atoms with Crippen LogP contribution in [0.3, 0.4) is 0 Å². The molecule has 0 amide bonds. The molecule has 8 nitrogen and oxygen atoms in total. The van der Waals surface area contributed by atoms with Crippen molar-refractivity contribution in [2.75, 3.05) is 25.5 Å². The Balaban J connectivity index is 1.35. The predicted molar refractivity (Wildman–Crippen MR) is 129 cm³/mol. The van der Waals surface area contributed by atoms with Gasteiger partial charge < -0.3 is 19.9 Å². The summed E-state index contributed by atoms with van der Waals surface area (Å²) in [6.07, 6.45) is 5.41. The Kier molecular flexibility index (Phi) is 5.06. The lowest BCUT2D eigenvalue weighted by Crippen LogP contribution is -2.24. The van der Waals surface area contributed by atoms with Crippen LogP contribution in [-0.4, -0.2) is 50.2 Å². The van der Waals surface area contributed by atoms with E-state index in [9.17, 15) is 0 Å². The number of aromatic amines is 2. The zero-order chi connectivity index (χ0) is 23.2. The third-order valence-electron chi connectivity index (χ3n) is 6.36. The molecule has 3 N–H and O–H groups in total. The Morgan fingerprint density at radius 2 is 2.03 bits per heavy atom. The molecule has 1 aromatic carbocycles. The van der Waals surface area contributed by atoms with Crippen molar-refractivity contribution in [2.45, 2.75) is 32.1 Å². The predicted octanol–water partition coefficient (Wildman–Crippen LogP) is 5.26. The average molecular weight is 460 g/mol. The molecule has 1 saturated carbocycles. The molecule has 4 aromatic rings. The van der Waals surface area contributed by atoms with Crippen molar-refractivity contribution in [3.05, 3.63) is 59.3 Å². The summed E-state index contributed by atoms with van der Waals surface area (Å²) >= 11 is 0. The normalized spacial score (nSPS) is 16.6. The molecule has 4 heterocycles. The number of nitrogens with zero attached hydrogens (tertiary/aromatic N) is 4. The van der Waals surface area contributed by atoms with Crippen LogP contribution in [-0.2, 0) is 0 Å². The van der Waals surface area contributed by atoms with Crippen LogP contribution < -0.4 is 10.1 Å². The van der Waals surface area contributed by atoms with Crippen LogP contribution in [0.2, 0.25) is 0 Å². The van der Waals surface area contributed by atoms with Gasteiger partial charge in [0.25, 0.3) is 0 Å². The number of nitrogens with one attached hydrogen (secondary N) is 3. The quantitative estimate of drug-likeness (QED) is 0.364.